The van der Waals surface area contributed by atoms with Crippen LogP contribution in [0.3, 0.4) is 0 Å². The van der Waals surface area contributed by atoms with E-state index in [0.717, 1.165) is 10.4 Å². The van der Waals surface area contributed by atoms with Crippen LogP contribution < -0.4 is 19.5 Å². The van der Waals surface area contributed by atoms with Gasteiger partial charge in [0.1, 0.15) is 19.0 Å². The molecule has 0 radical (unpaired) electrons. The predicted octanol–water partition coefficient (Wildman–Crippen LogP) is 2.29. The Morgan fingerprint density at radius 1 is 1.13 bits per heavy atom. The zero-order valence-corrected chi connectivity index (χ0v) is 17.1. The van der Waals surface area contributed by atoms with E-state index in [-0.39, 0.29) is 29.4 Å². The second-order valence-corrected chi connectivity index (χ2v) is 8.54. The first kappa shape index (κ1) is 22.7. The summed E-state index contributed by atoms with van der Waals surface area (Å²) in [6.07, 6.45) is -4.88. The molecule has 31 heavy (non-hydrogen) atoms. The van der Waals surface area contributed by atoms with Crippen molar-refractivity contribution in [2.75, 3.05) is 26.8 Å². The Bertz CT molecular complexity index is 1060. The van der Waals surface area contributed by atoms with E-state index in [4.69, 9.17) is 9.47 Å². The molecular formula is C19H19F3N2O6S. The summed E-state index contributed by atoms with van der Waals surface area (Å²) in [4.78, 5) is 12.1. The van der Waals surface area contributed by atoms with Gasteiger partial charge in [0.25, 0.3) is 0 Å². The van der Waals surface area contributed by atoms with Crippen LogP contribution in [0.15, 0.2) is 47.4 Å². The van der Waals surface area contributed by atoms with Gasteiger partial charge in [-0.1, -0.05) is 18.2 Å². The van der Waals surface area contributed by atoms with E-state index in [1.807, 2.05) is 0 Å². The number of amides is 1. The van der Waals surface area contributed by atoms with Gasteiger partial charge in [-0.25, -0.2) is 8.42 Å². The summed E-state index contributed by atoms with van der Waals surface area (Å²) in [5.74, 6) is -0.449. The Morgan fingerprint density at radius 2 is 1.81 bits per heavy atom. The molecule has 0 saturated carbocycles. The van der Waals surface area contributed by atoms with Gasteiger partial charge in [-0.05, 0) is 18.2 Å². The number of sulfonamides is 1. The van der Waals surface area contributed by atoms with E-state index in [1.54, 1.807) is 0 Å². The van der Waals surface area contributed by atoms with E-state index >= 15 is 0 Å². The molecule has 1 amide bonds. The molecule has 0 atom stereocenters. The SMILES string of the molecule is CN(CC(=O)NCc1ccccc1OC(F)(F)F)S(=O)(=O)c1ccc2c(c1)OCCO2. The van der Waals surface area contributed by atoms with Gasteiger partial charge in [0, 0.05) is 25.2 Å². The van der Waals surface area contributed by atoms with E-state index < -0.39 is 34.6 Å². The summed E-state index contributed by atoms with van der Waals surface area (Å²) in [6, 6.07) is 9.44. The van der Waals surface area contributed by atoms with Crippen molar-refractivity contribution in [3.63, 3.8) is 0 Å². The fraction of sp³-hybridized carbons (Fsp3) is 0.316. The number of nitrogens with one attached hydrogen (secondary N) is 1. The quantitative estimate of drug-likeness (QED) is 0.682. The van der Waals surface area contributed by atoms with E-state index in [9.17, 15) is 26.4 Å². The number of fused-ring (bicyclic) bond motifs is 1. The van der Waals surface area contributed by atoms with Crippen LogP contribution in [0.25, 0.3) is 0 Å². The number of ether oxygens (including phenoxy) is 3. The maximum atomic E-state index is 12.7. The normalized spacial score (nSPS) is 13.7. The molecule has 168 valence electrons. The maximum absolute atomic E-state index is 12.7. The molecule has 0 spiro atoms. The molecule has 1 heterocycles. The minimum absolute atomic E-state index is 0.0871. The first-order chi connectivity index (χ1) is 14.6. The zero-order chi connectivity index (χ0) is 22.6. The molecule has 8 nitrogen and oxygen atoms in total. The van der Waals surface area contributed by atoms with Gasteiger partial charge < -0.3 is 19.5 Å². The van der Waals surface area contributed by atoms with Crippen molar-refractivity contribution in [3.05, 3.63) is 48.0 Å². The summed E-state index contributed by atoms with van der Waals surface area (Å²) in [5.41, 5.74) is 0.0884. The molecule has 0 saturated heterocycles. The molecule has 1 N–H and O–H groups in total. The molecule has 0 fully saturated rings. The molecular weight excluding hydrogens is 441 g/mol. The molecule has 1 aliphatic rings. The first-order valence-corrected chi connectivity index (χ1v) is 10.5. The maximum Gasteiger partial charge on any atom is 0.573 e. The number of rotatable bonds is 7. The van der Waals surface area contributed by atoms with Gasteiger partial charge in [0.05, 0.1) is 11.4 Å². The molecule has 0 unspecified atom stereocenters. The molecule has 2 aromatic rings. The van der Waals surface area contributed by atoms with Gasteiger partial charge in [0.2, 0.25) is 15.9 Å². The summed E-state index contributed by atoms with van der Waals surface area (Å²) in [6.45, 7) is -0.174. The Balaban J connectivity index is 1.63. The molecule has 12 heteroatoms. The molecule has 2 aromatic carbocycles. The van der Waals surface area contributed by atoms with E-state index in [1.165, 1.54) is 43.4 Å². The minimum atomic E-state index is -4.88. The topological polar surface area (TPSA) is 94.2 Å². The lowest BCUT2D eigenvalue weighted by Gasteiger charge is -2.21. The lowest BCUT2D eigenvalue weighted by atomic mass is 10.2. The Morgan fingerprint density at radius 3 is 2.52 bits per heavy atom. The average molecular weight is 460 g/mol. The fourth-order valence-electron chi connectivity index (χ4n) is 2.78. The largest absolute Gasteiger partial charge is 0.573 e. The predicted molar refractivity (Wildman–Crippen MR) is 102 cm³/mol. The number of hydrogen-bond acceptors (Lipinski definition) is 6. The molecule has 3 rings (SSSR count). The van der Waals surface area contributed by atoms with Gasteiger partial charge in [-0.15, -0.1) is 13.2 Å². The monoisotopic (exact) mass is 460 g/mol. The number of para-hydroxylation sites is 1. The smallest absolute Gasteiger partial charge is 0.486 e. The number of alkyl halides is 3. The van der Waals surface area contributed by atoms with Crippen molar-refractivity contribution in [2.24, 2.45) is 0 Å². The van der Waals surface area contributed by atoms with Crippen LogP contribution >= 0.6 is 0 Å². The van der Waals surface area contributed by atoms with Gasteiger partial charge in [-0.2, -0.15) is 4.31 Å². The van der Waals surface area contributed by atoms with Crippen LogP contribution in [0, 0.1) is 0 Å². The van der Waals surface area contributed by atoms with Crippen LogP contribution in [0.2, 0.25) is 0 Å². The number of carbonyl (C=O) groups excluding carboxylic acids is 1. The summed E-state index contributed by atoms with van der Waals surface area (Å²) in [5, 5.41) is 2.39. The van der Waals surface area contributed by atoms with Gasteiger partial charge >= 0.3 is 6.36 Å². The molecule has 0 aliphatic carbocycles. The number of carbonyl (C=O) groups is 1. The minimum Gasteiger partial charge on any atom is -0.486 e. The van der Waals surface area contributed by atoms with Crippen LogP contribution in [0.4, 0.5) is 13.2 Å². The molecule has 1 aliphatic heterocycles. The highest BCUT2D eigenvalue weighted by Gasteiger charge is 2.32. The number of likely N-dealkylation sites (N-methyl/N-ethyl adjacent to an activating group) is 1. The average Bonchev–Trinajstić information content (AvgIpc) is 2.71. The van der Waals surface area contributed by atoms with Crippen molar-refractivity contribution in [1.29, 1.82) is 0 Å². The number of hydrogen-bond donors (Lipinski definition) is 1. The van der Waals surface area contributed by atoms with Crippen molar-refractivity contribution in [1.82, 2.24) is 9.62 Å². The third-order valence-electron chi connectivity index (χ3n) is 4.26. The van der Waals surface area contributed by atoms with Crippen molar-refractivity contribution in [2.45, 2.75) is 17.8 Å². The molecule has 0 bridgehead atoms. The lowest BCUT2D eigenvalue weighted by molar-refractivity contribution is -0.274. The second kappa shape index (κ2) is 9.02. The lowest BCUT2D eigenvalue weighted by Crippen LogP contribution is -2.38. The highest BCUT2D eigenvalue weighted by Crippen LogP contribution is 2.33. The highest BCUT2D eigenvalue weighted by atomic mass is 32.2. The fourth-order valence-corrected chi connectivity index (χ4v) is 3.92. The number of benzene rings is 2. The zero-order valence-electron chi connectivity index (χ0n) is 16.3. The Labute approximate surface area is 176 Å². The van der Waals surface area contributed by atoms with Crippen molar-refractivity contribution < 1.29 is 40.6 Å². The Kier molecular flexibility index (Phi) is 6.60. The number of halogens is 3. The summed E-state index contributed by atoms with van der Waals surface area (Å²) >= 11 is 0. The Hall–Kier alpha value is -2.99. The van der Waals surface area contributed by atoms with Crippen LogP contribution in [0.5, 0.6) is 17.2 Å². The first-order valence-electron chi connectivity index (χ1n) is 9.02. The van der Waals surface area contributed by atoms with Gasteiger partial charge in [-0.3, -0.25) is 4.79 Å². The second-order valence-electron chi connectivity index (χ2n) is 6.50. The number of nitrogens with zero attached hydrogens (tertiary/aromatic N) is 1. The molecule has 0 aromatic heterocycles. The highest BCUT2D eigenvalue weighted by molar-refractivity contribution is 7.89. The van der Waals surface area contributed by atoms with Crippen LogP contribution in [-0.2, 0) is 21.4 Å². The van der Waals surface area contributed by atoms with E-state index in [0.29, 0.717) is 12.4 Å². The standard InChI is InChI=1S/C19H19F3N2O6S/c1-24(31(26,27)14-6-7-16-17(10-14)29-9-8-28-16)12-18(25)23-11-13-4-2-3-5-15(13)30-19(20,21)22/h2-7,10H,8-9,11-12H2,1H3,(H,23,25). The third kappa shape index (κ3) is 5.79. The summed E-state index contributed by atoms with van der Waals surface area (Å²) < 4.78 is 78.4. The van der Waals surface area contributed by atoms with E-state index in [2.05, 4.69) is 10.1 Å². The van der Waals surface area contributed by atoms with Gasteiger partial charge in [0.15, 0.2) is 11.5 Å². The van der Waals surface area contributed by atoms with Crippen LogP contribution in [-0.4, -0.2) is 51.8 Å². The third-order valence-corrected chi connectivity index (χ3v) is 6.06. The van der Waals surface area contributed by atoms with Crippen LogP contribution in [0.1, 0.15) is 5.56 Å². The van der Waals surface area contributed by atoms with Crippen molar-refractivity contribution in [3.8, 4) is 17.2 Å². The van der Waals surface area contributed by atoms with Crippen molar-refractivity contribution >= 4 is 15.9 Å². The summed E-state index contributed by atoms with van der Waals surface area (Å²) in [7, 11) is -2.80.